The second-order valence-electron chi connectivity index (χ2n) is 23.5. The lowest BCUT2D eigenvalue weighted by Crippen LogP contribution is -2.01. The number of aryl methyl sites for hydroxylation is 6. The third-order valence-electron chi connectivity index (χ3n) is 18.0. The number of nitrogens with zero attached hydrogens (tertiary/aromatic N) is 6. The summed E-state index contributed by atoms with van der Waals surface area (Å²) in [6, 6.07) is 92.4. The summed E-state index contributed by atoms with van der Waals surface area (Å²) in [7, 11) is 0. The Morgan fingerprint density at radius 2 is 0.379 bits per heavy atom. The quantitative estimate of drug-likeness (QED) is 0.145. The SMILES string of the molecule is Cc1cc(-n2c3ccccc3c3ccccc32)cc(C)c1-c1ccc(-c2nc(-c3ccc(-c4c(C)cc(-n5c6ccccc6c6ccccc65)cc4C)cc3)nc(-c3ccc(-c4c(C)cc(-n5c6ccccc6c6ccccc65)cc4C)cc3)n2)cc1. The van der Waals surface area contributed by atoms with E-state index in [4.69, 9.17) is 15.0 Å². The Balaban J connectivity index is 0.760. The molecule has 0 amide bonds. The largest absolute Gasteiger partial charge is 0.309 e. The number of hydrogen-bond acceptors (Lipinski definition) is 3. The van der Waals surface area contributed by atoms with E-state index in [1.54, 1.807) is 0 Å². The monoisotopic (exact) mass is 1120 g/mol. The summed E-state index contributed by atoms with van der Waals surface area (Å²) >= 11 is 0. The Morgan fingerprint density at radius 3 is 0.575 bits per heavy atom. The fraction of sp³-hybridized carbons (Fsp3) is 0.0741. The standard InChI is InChI=1S/C81H60N6/c1-49-43-61(85-70-25-13-7-19-64(70)65-20-8-14-26-71(65)85)44-50(2)76(49)55-31-37-58(38-32-55)79-82-80(59-39-33-56(34-40-59)77-51(3)45-62(46-52(77)4)86-72-27-15-9-21-66(72)67-22-10-16-28-73(67)86)84-81(83-79)60-41-35-57(36-42-60)78-53(5)47-63(48-54(78)6)87-74-29-17-11-23-68(74)69-24-12-18-30-75(69)87/h7-48H,1-6H3. The molecular formula is C81H60N6. The molecule has 0 aliphatic heterocycles. The summed E-state index contributed by atoms with van der Waals surface area (Å²) in [5, 5.41) is 7.54. The zero-order chi connectivity index (χ0) is 58.6. The average molecular weight is 1120 g/mol. The van der Waals surface area contributed by atoms with Crippen LogP contribution in [-0.4, -0.2) is 28.7 Å². The van der Waals surface area contributed by atoms with Crippen molar-refractivity contribution in [2.45, 2.75) is 41.5 Å². The highest BCUT2D eigenvalue weighted by Gasteiger charge is 2.21. The Labute approximate surface area is 505 Å². The van der Waals surface area contributed by atoms with Gasteiger partial charge in [0.05, 0.1) is 33.1 Å². The van der Waals surface area contributed by atoms with Crippen molar-refractivity contribution >= 4 is 65.4 Å². The van der Waals surface area contributed by atoms with Gasteiger partial charge in [0.2, 0.25) is 0 Å². The lowest BCUT2D eigenvalue weighted by molar-refractivity contribution is 1.07. The van der Waals surface area contributed by atoms with Crippen LogP contribution in [0.25, 0.3) is 150 Å². The fourth-order valence-electron chi connectivity index (χ4n) is 14.3. The molecule has 16 aromatic rings. The summed E-state index contributed by atoms with van der Waals surface area (Å²) < 4.78 is 7.19. The van der Waals surface area contributed by atoms with E-state index < -0.39 is 0 Å². The molecule has 0 saturated heterocycles. The van der Waals surface area contributed by atoms with Crippen LogP contribution in [0.1, 0.15) is 33.4 Å². The molecule has 0 fully saturated rings. The number of fused-ring (bicyclic) bond motifs is 9. The molecule has 0 unspecified atom stereocenters. The molecule has 0 bridgehead atoms. The highest BCUT2D eigenvalue weighted by Crippen LogP contribution is 2.41. The highest BCUT2D eigenvalue weighted by atomic mass is 15.0. The topological polar surface area (TPSA) is 53.5 Å². The van der Waals surface area contributed by atoms with Gasteiger partial charge in [-0.1, -0.05) is 182 Å². The smallest absolute Gasteiger partial charge is 0.164 e. The molecule has 16 rings (SSSR count). The highest BCUT2D eigenvalue weighted by molar-refractivity contribution is 6.11. The van der Waals surface area contributed by atoms with Gasteiger partial charge in [0.1, 0.15) is 0 Å². The van der Waals surface area contributed by atoms with Crippen molar-refractivity contribution in [3.63, 3.8) is 0 Å². The van der Waals surface area contributed by atoms with Crippen LogP contribution in [0.4, 0.5) is 0 Å². The third kappa shape index (κ3) is 8.50. The van der Waals surface area contributed by atoms with Crippen molar-refractivity contribution in [2.75, 3.05) is 0 Å². The first kappa shape index (κ1) is 51.7. The van der Waals surface area contributed by atoms with E-state index in [0.29, 0.717) is 17.5 Å². The first-order chi connectivity index (χ1) is 42.6. The third-order valence-corrected chi connectivity index (χ3v) is 18.0. The molecule has 6 heteroatoms. The molecule has 4 aromatic heterocycles. The van der Waals surface area contributed by atoms with Gasteiger partial charge in [0, 0.05) is 66.1 Å². The van der Waals surface area contributed by atoms with Crippen LogP contribution in [0.15, 0.2) is 255 Å². The van der Waals surface area contributed by atoms with Crippen LogP contribution in [0.2, 0.25) is 0 Å². The van der Waals surface area contributed by atoms with Crippen LogP contribution in [-0.2, 0) is 0 Å². The summed E-state index contributed by atoms with van der Waals surface area (Å²) in [5.74, 6) is 1.85. The summed E-state index contributed by atoms with van der Waals surface area (Å²) in [4.78, 5) is 15.8. The first-order valence-electron chi connectivity index (χ1n) is 30.0. The zero-order valence-corrected chi connectivity index (χ0v) is 49.4. The molecule has 414 valence electrons. The lowest BCUT2D eigenvalue weighted by Gasteiger charge is -2.16. The maximum atomic E-state index is 5.28. The van der Waals surface area contributed by atoms with Gasteiger partial charge >= 0.3 is 0 Å². The fourth-order valence-corrected chi connectivity index (χ4v) is 14.3. The molecule has 0 saturated carbocycles. The maximum absolute atomic E-state index is 5.28. The van der Waals surface area contributed by atoms with E-state index in [2.05, 4.69) is 310 Å². The van der Waals surface area contributed by atoms with E-state index in [1.165, 1.54) is 115 Å². The molecule has 6 nitrogen and oxygen atoms in total. The van der Waals surface area contributed by atoms with Crippen LogP contribution in [0.3, 0.4) is 0 Å². The molecule has 0 N–H and O–H groups in total. The van der Waals surface area contributed by atoms with Gasteiger partial charge in [-0.2, -0.15) is 0 Å². The first-order valence-corrected chi connectivity index (χ1v) is 30.0. The molecular weight excluding hydrogens is 1060 g/mol. The predicted octanol–water partition coefficient (Wildman–Crippen LogP) is 21.0. The van der Waals surface area contributed by atoms with E-state index >= 15 is 0 Å². The van der Waals surface area contributed by atoms with E-state index in [9.17, 15) is 0 Å². The predicted molar refractivity (Wildman–Crippen MR) is 364 cm³/mol. The van der Waals surface area contributed by atoms with E-state index in [0.717, 1.165) is 50.4 Å². The zero-order valence-electron chi connectivity index (χ0n) is 49.4. The Kier molecular flexibility index (Phi) is 12.1. The minimum atomic E-state index is 0.615. The summed E-state index contributed by atoms with van der Waals surface area (Å²) in [6.45, 7) is 13.4. The molecule has 12 aromatic carbocycles. The average Bonchev–Trinajstić information content (AvgIpc) is 3.33. The van der Waals surface area contributed by atoms with Crippen LogP contribution in [0.5, 0.6) is 0 Å². The second kappa shape index (κ2) is 20.4. The van der Waals surface area contributed by atoms with E-state index in [-0.39, 0.29) is 0 Å². The van der Waals surface area contributed by atoms with Gasteiger partial charge in [-0.25, -0.2) is 15.0 Å². The van der Waals surface area contributed by atoms with Gasteiger partial charge < -0.3 is 13.7 Å². The molecule has 0 radical (unpaired) electrons. The molecule has 0 aliphatic carbocycles. The number of aromatic nitrogens is 6. The van der Waals surface area contributed by atoms with Crippen molar-refractivity contribution in [3.8, 4) is 84.6 Å². The molecule has 0 spiro atoms. The van der Waals surface area contributed by atoms with Crippen LogP contribution < -0.4 is 0 Å². The van der Waals surface area contributed by atoms with Crippen molar-refractivity contribution in [2.24, 2.45) is 0 Å². The van der Waals surface area contributed by atoms with Crippen molar-refractivity contribution in [3.05, 3.63) is 288 Å². The van der Waals surface area contributed by atoms with Gasteiger partial charge in [-0.3, -0.25) is 0 Å². The molecule has 4 heterocycles. The van der Waals surface area contributed by atoms with E-state index in [1.807, 2.05) is 0 Å². The van der Waals surface area contributed by atoms with Crippen molar-refractivity contribution in [1.29, 1.82) is 0 Å². The molecule has 0 atom stereocenters. The summed E-state index contributed by atoms with van der Waals surface area (Å²) in [6.07, 6.45) is 0. The summed E-state index contributed by atoms with van der Waals surface area (Å²) in [5.41, 5.74) is 27.8. The van der Waals surface area contributed by atoms with Crippen LogP contribution in [0, 0.1) is 41.5 Å². The lowest BCUT2D eigenvalue weighted by atomic mass is 9.94. The van der Waals surface area contributed by atoms with Gasteiger partial charge in [0.25, 0.3) is 0 Å². The minimum absolute atomic E-state index is 0.615. The van der Waals surface area contributed by atoms with Crippen molar-refractivity contribution < 1.29 is 0 Å². The number of hydrogen-bond donors (Lipinski definition) is 0. The number of benzene rings is 12. The Hall–Kier alpha value is -11.0. The van der Waals surface area contributed by atoms with Gasteiger partial charge in [-0.15, -0.1) is 0 Å². The second-order valence-corrected chi connectivity index (χ2v) is 23.5. The van der Waals surface area contributed by atoms with Gasteiger partial charge in [0.15, 0.2) is 17.5 Å². The minimum Gasteiger partial charge on any atom is -0.309 e. The Bertz CT molecular complexity index is 4660. The molecule has 87 heavy (non-hydrogen) atoms. The maximum Gasteiger partial charge on any atom is 0.164 e. The van der Waals surface area contributed by atoms with Crippen LogP contribution >= 0.6 is 0 Å². The van der Waals surface area contributed by atoms with Crippen molar-refractivity contribution in [1.82, 2.24) is 28.7 Å². The number of para-hydroxylation sites is 6. The van der Waals surface area contributed by atoms with Gasteiger partial charge in [-0.05, 0) is 181 Å². The Morgan fingerprint density at radius 1 is 0.207 bits per heavy atom. The number of rotatable bonds is 9. The molecule has 0 aliphatic rings. The normalized spacial score (nSPS) is 11.8.